The smallest absolute Gasteiger partial charge is 0.137 e. The van der Waals surface area contributed by atoms with Gasteiger partial charge in [0.05, 0.1) is 11.8 Å². The fourth-order valence-electron chi connectivity index (χ4n) is 2.87. The summed E-state index contributed by atoms with van der Waals surface area (Å²) in [5.74, 6) is 1.51. The molecule has 2 N–H and O–H groups in total. The standard InChI is InChI=1S/C22H25NO2/c1-21(2,16-9-6-5-7-10-16)22(3,4)25-20-13-12-17(23)15-18(20)19-11-8-14-24-19/h5-15H,23H2,1-4H3. The van der Waals surface area contributed by atoms with Gasteiger partial charge in [0.25, 0.3) is 0 Å². The van der Waals surface area contributed by atoms with Gasteiger partial charge in [-0.05, 0) is 49.7 Å². The van der Waals surface area contributed by atoms with Crippen LogP contribution in [0.3, 0.4) is 0 Å². The molecule has 3 rings (SSSR count). The predicted octanol–water partition coefficient (Wildman–Crippen LogP) is 5.66. The number of benzene rings is 2. The minimum Gasteiger partial charge on any atom is -0.486 e. The first-order chi connectivity index (χ1) is 11.8. The second-order valence-electron chi connectivity index (χ2n) is 7.34. The molecule has 0 fully saturated rings. The van der Waals surface area contributed by atoms with E-state index in [4.69, 9.17) is 14.9 Å². The molecule has 0 saturated carbocycles. The fraction of sp³-hybridized carbons (Fsp3) is 0.273. The minimum absolute atomic E-state index is 0.198. The number of ether oxygens (including phenoxy) is 1. The Labute approximate surface area is 149 Å². The maximum atomic E-state index is 6.52. The largest absolute Gasteiger partial charge is 0.486 e. The summed E-state index contributed by atoms with van der Waals surface area (Å²) >= 11 is 0. The topological polar surface area (TPSA) is 48.4 Å². The van der Waals surface area contributed by atoms with Gasteiger partial charge in [0, 0.05) is 11.1 Å². The summed E-state index contributed by atoms with van der Waals surface area (Å²) in [5.41, 5.74) is 8.10. The lowest BCUT2D eigenvalue weighted by molar-refractivity contribution is 0.0362. The van der Waals surface area contributed by atoms with E-state index in [0.717, 1.165) is 17.1 Å². The summed E-state index contributed by atoms with van der Waals surface area (Å²) in [4.78, 5) is 0. The van der Waals surface area contributed by atoms with Crippen LogP contribution in [0.1, 0.15) is 33.3 Å². The summed E-state index contributed by atoms with van der Waals surface area (Å²) in [6, 6.07) is 19.9. The van der Waals surface area contributed by atoms with Gasteiger partial charge in [-0.15, -0.1) is 0 Å². The number of rotatable bonds is 5. The predicted molar refractivity (Wildman–Crippen MR) is 103 cm³/mol. The molecule has 3 nitrogen and oxygen atoms in total. The molecule has 3 aromatic rings. The van der Waals surface area contributed by atoms with Gasteiger partial charge in [0.15, 0.2) is 0 Å². The van der Waals surface area contributed by atoms with Crippen molar-refractivity contribution in [2.24, 2.45) is 0 Å². The van der Waals surface area contributed by atoms with E-state index < -0.39 is 5.60 Å². The molecular formula is C22H25NO2. The Hall–Kier alpha value is -2.68. The highest BCUT2D eigenvalue weighted by Crippen LogP contribution is 2.41. The van der Waals surface area contributed by atoms with Crippen LogP contribution in [-0.4, -0.2) is 5.60 Å². The summed E-state index contributed by atoms with van der Waals surface area (Å²) in [7, 11) is 0. The number of nitrogens with two attached hydrogens (primary N) is 1. The molecule has 0 unspecified atom stereocenters. The summed E-state index contributed by atoms with van der Waals surface area (Å²) < 4.78 is 12.1. The van der Waals surface area contributed by atoms with Crippen molar-refractivity contribution in [3.05, 3.63) is 72.5 Å². The van der Waals surface area contributed by atoms with Crippen molar-refractivity contribution in [1.82, 2.24) is 0 Å². The molecular weight excluding hydrogens is 310 g/mol. The van der Waals surface area contributed by atoms with E-state index in [1.807, 2.05) is 36.4 Å². The summed E-state index contributed by atoms with van der Waals surface area (Å²) in [5, 5.41) is 0. The van der Waals surface area contributed by atoms with Gasteiger partial charge in [-0.1, -0.05) is 44.2 Å². The van der Waals surface area contributed by atoms with Crippen molar-refractivity contribution in [3.63, 3.8) is 0 Å². The zero-order valence-electron chi connectivity index (χ0n) is 15.2. The van der Waals surface area contributed by atoms with Gasteiger partial charge >= 0.3 is 0 Å². The van der Waals surface area contributed by atoms with Crippen LogP contribution in [0, 0.1) is 0 Å². The van der Waals surface area contributed by atoms with Gasteiger partial charge in [-0.3, -0.25) is 0 Å². The summed E-state index contributed by atoms with van der Waals surface area (Å²) in [6.45, 7) is 8.63. The quantitative estimate of drug-likeness (QED) is 0.612. The van der Waals surface area contributed by atoms with E-state index >= 15 is 0 Å². The maximum absolute atomic E-state index is 6.52. The van der Waals surface area contributed by atoms with Crippen LogP contribution in [-0.2, 0) is 5.41 Å². The normalized spacial score (nSPS) is 12.2. The van der Waals surface area contributed by atoms with E-state index in [-0.39, 0.29) is 5.41 Å². The van der Waals surface area contributed by atoms with Crippen molar-refractivity contribution in [2.75, 3.05) is 5.73 Å². The van der Waals surface area contributed by atoms with Crippen LogP contribution in [0.5, 0.6) is 5.75 Å². The molecule has 2 aromatic carbocycles. The third-order valence-corrected chi connectivity index (χ3v) is 5.16. The van der Waals surface area contributed by atoms with E-state index in [1.54, 1.807) is 6.26 Å². The molecule has 1 aromatic heterocycles. The Morgan fingerprint density at radius 1 is 0.880 bits per heavy atom. The van der Waals surface area contributed by atoms with Gasteiger partial charge in [0.2, 0.25) is 0 Å². The van der Waals surface area contributed by atoms with Crippen LogP contribution >= 0.6 is 0 Å². The first kappa shape index (κ1) is 17.2. The summed E-state index contributed by atoms with van der Waals surface area (Å²) in [6.07, 6.45) is 1.65. The number of anilines is 1. The zero-order valence-corrected chi connectivity index (χ0v) is 15.2. The van der Waals surface area contributed by atoms with Crippen molar-refractivity contribution in [1.29, 1.82) is 0 Å². The number of nitrogen functional groups attached to an aromatic ring is 1. The van der Waals surface area contributed by atoms with E-state index in [1.165, 1.54) is 5.56 Å². The average Bonchev–Trinajstić information content (AvgIpc) is 3.11. The second-order valence-corrected chi connectivity index (χ2v) is 7.34. The Morgan fingerprint density at radius 3 is 2.24 bits per heavy atom. The third kappa shape index (κ3) is 3.27. The molecule has 0 atom stereocenters. The molecule has 0 bridgehead atoms. The SMILES string of the molecule is CC(C)(Oc1ccc(N)cc1-c1ccco1)C(C)(C)c1ccccc1. The first-order valence-corrected chi connectivity index (χ1v) is 8.49. The lowest BCUT2D eigenvalue weighted by Gasteiger charge is -2.42. The highest BCUT2D eigenvalue weighted by molar-refractivity contribution is 5.70. The van der Waals surface area contributed by atoms with Gasteiger partial charge in [0.1, 0.15) is 17.1 Å². The van der Waals surface area contributed by atoms with Gasteiger partial charge in [-0.25, -0.2) is 0 Å². The monoisotopic (exact) mass is 335 g/mol. The third-order valence-electron chi connectivity index (χ3n) is 5.16. The molecule has 3 heteroatoms. The Balaban J connectivity index is 1.99. The molecule has 0 aliphatic heterocycles. The van der Waals surface area contributed by atoms with Crippen molar-refractivity contribution >= 4 is 5.69 Å². The number of hydrogen-bond acceptors (Lipinski definition) is 3. The molecule has 25 heavy (non-hydrogen) atoms. The molecule has 0 amide bonds. The highest BCUT2D eigenvalue weighted by atomic mass is 16.5. The Bertz CT molecular complexity index is 834. The highest BCUT2D eigenvalue weighted by Gasteiger charge is 2.41. The van der Waals surface area contributed by atoms with Crippen LogP contribution in [0.25, 0.3) is 11.3 Å². The van der Waals surface area contributed by atoms with Crippen molar-refractivity contribution in [2.45, 2.75) is 38.7 Å². The molecule has 1 heterocycles. The van der Waals surface area contributed by atoms with E-state index in [9.17, 15) is 0 Å². The van der Waals surface area contributed by atoms with Crippen LogP contribution in [0.15, 0.2) is 71.3 Å². The molecule has 0 aliphatic carbocycles. The van der Waals surface area contributed by atoms with Crippen LogP contribution in [0.4, 0.5) is 5.69 Å². The van der Waals surface area contributed by atoms with E-state index in [0.29, 0.717) is 5.69 Å². The maximum Gasteiger partial charge on any atom is 0.137 e. The minimum atomic E-state index is -0.453. The zero-order chi connectivity index (χ0) is 18.1. The fourth-order valence-corrected chi connectivity index (χ4v) is 2.87. The van der Waals surface area contributed by atoms with Crippen LogP contribution in [0.2, 0.25) is 0 Å². The van der Waals surface area contributed by atoms with E-state index in [2.05, 4.69) is 52.0 Å². The van der Waals surface area contributed by atoms with Gasteiger partial charge in [-0.2, -0.15) is 0 Å². The molecule has 0 spiro atoms. The molecule has 0 saturated heterocycles. The average molecular weight is 335 g/mol. The number of furan rings is 1. The second kappa shape index (κ2) is 6.32. The lowest BCUT2D eigenvalue weighted by Crippen LogP contribution is -2.47. The van der Waals surface area contributed by atoms with Crippen molar-refractivity contribution in [3.8, 4) is 17.1 Å². The molecule has 0 aliphatic rings. The number of hydrogen-bond donors (Lipinski definition) is 1. The van der Waals surface area contributed by atoms with Crippen LogP contribution < -0.4 is 10.5 Å². The lowest BCUT2D eigenvalue weighted by atomic mass is 9.72. The molecule has 130 valence electrons. The first-order valence-electron chi connectivity index (χ1n) is 8.49. The van der Waals surface area contributed by atoms with Gasteiger partial charge < -0.3 is 14.9 Å². The Morgan fingerprint density at radius 2 is 1.60 bits per heavy atom. The Kier molecular flexibility index (Phi) is 4.34. The molecule has 0 radical (unpaired) electrons. The van der Waals surface area contributed by atoms with Crippen molar-refractivity contribution < 1.29 is 9.15 Å².